The summed E-state index contributed by atoms with van der Waals surface area (Å²) in [5.74, 6) is -0.324. The molecule has 23 heavy (non-hydrogen) atoms. The SMILES string of the molecule is O=C(CNc1ccc(Br)cc1)N/N=C\c1cccc([N+](=O)[O-])c1. The van der Waals surface area contributed by atoms with E-state index in [1.807, 2.05) is 24.3 Å². The van der Waals surface area contributed by atoms with Gasteiger partial charge in [-0.3, -0.25) is 14.9 Å². The number of hydrogen-bond acceptors (Lipinski definition) is 5. The van der Waals surface area contributed by atoms with Crippen LogP contribution in [0, 0.1) is 10.1 Å². The van der Waals surface area contributed by atoms with Crippen molar-refractivity contribution in [2.45, 2.75) is 0 Å². The van der Waals surface area contributed by atoms with Crippen molar-refractivity contribution in [3.05, 3.63) is 68.7 Å². The third-order valence-corrected chi connectivity index (χ3v) is 3.31. The lowest BCUT2D eigenvalue weighted by molar-refractivity contribution is -0.384. The number of benzene rings is 2. The molecule has 0 saturated heterocycles. The van der Waals surface area contributed by atoms with Crippen molar-refractivity contribution in [3.63, 3.8) is 0 Å². The fourth-order valence-electron chi connectivity index (χ4n) is 1.69. The Morgan fingerprint density at radius 2 is 2.00 bits per heavy atom. The molecule has 118 valence electrons. The minimum atomic E-state index is -0.488. The molecule has 2 rings (SSSR count). The molecule has 0 radical (unpaired) electrons. The summed E-state index contributed by atoms with van der Waals surface area (Å²) in [4.78, 5) is 21.8. The Morgan fingerprint density at radius 1 is 1.26 bits per heavy atom. The third-order valence-electron chi connectivity index (χ3n) is 2.78. The maximum Gasteiger partial charge on any atom is 0.270 e. The molecule has 0 aromatic heterocycles. The van der Waals surface area contributed by atoms with Gasteiger partial charge in [-0.1, -0.05) is 28.1 Å². The number of anilines is 1. The van der Waals surface area contributed by atoms with E-state index in [0.717, 1.165) is 10.2 Å². The number of amides is 1. The fourth-order valence-corrected chi connectivity index (χ4v) is 1.95. The molecular formula is C15H13BrN4O3. The number of hydrazone groups is 1. The van der Waals surface area contributed by atoms with E-state index in [-0.39, 0.29) is 18.1 Å². The molecule has 0 heterocycles. The van der Waals surface area contributed by atoms with E-state index in [2.05, 4.69) is 31.8 Å². The van der Waals surface area contributed by atoms with Crippen LogP contribution in [-0.4, -0.2) is 23.6 Å². The molecule has 0 aliphatic carbocycles. The Balaban J connectivity index is 1.83. The van der Waals surface area contributed by atoms with E-state index >= 15 is 0 Å². The number of nitrogens with one attached hydrogen (secondary N) is 2. The first kappa shape index (κ1) is 16.6. The summed E-state index contributed by atoms with van der Waals surface area (Å²) in [5.41, 5.74) is 3.66. The summed E-state index contributed by atoms with van der Waals surface area (Å²) in [6.45, 7) is 0.0634. The van der Waals surface area contributed by atoms with Gasteiger partial charge in [-0.2, -0.15) is 5.10 Å². The highest BCUT2D eigenvalue weighted by atomic mass is 79.9. The van der Waals surface area contributed by atoms with Crippen LogP contribution in [0.3, 0.4) is 0 Å². The Bertz CT molecular complexity index is 732. The molecule has 0 aliphatic rings. The molecular weight excluding hydrogens is 364 g/mol. The summed E-state index contributed by atoms with van der Waals surface area (Å²) >= 11 is 3.33. The quantitative estimate of drug-likeness (QED) is 0.460. The van der Waals surface area contributed by atoms with Gasteiger partial charge in [0.05, 0.1) is 17.7 Å². The van der Waals surface area contributed by atoms with E-state index in [1.165, 1.54) is 18.3 Å². The van der Waals surface area contributed by atoms with Crippen LogP contribution in [0.15, 0.2) is 58.1 Å². The van der Waals surface area contributed by atoms with Crippen LogP contribution in [0.2, 0.25) is 0 Å². The van der Waals surface area contributed by atoms with Gasteiger partial charge in [0.2, 0.25) is 0 Å². The van der Waals surface area contributed by atoms with Crippen molar-refractivity contribution < 1.29 is 9.72 Å². The number of hydrogen-bond donors (Lipinski definition) is 2. The molecule has 8 heteroatoms. The van der Waals surface area contributed by atoms with Gasteiger partial charge in [0.15, 0.2) is 0 Å². The second kappa shape index (κ2) is 8.04. The van der Waals surface area contributed by atoms with Crippen molar-refractivity contribution in [2.75, 3.05) is 11.9 Å². The Morgan fingerprint density at radius 3 is 2.70 bits per heavy atom. The highest BCUT2D eigenvalue weighted by Gasteiger charge is 2.04. The molecule has 0 bridgehead atoms. The molecule has 2 aromatic rings. The highest BCUT2D eigenvalue weighted by molar-refractivity contribution is 9.10. The first-order chi connectivity index (χ1) is 11.0. The zero-order valence-corrected chi connectivity index (χ0v) is 13.5. The zero-order valence-electron chi connectivity index (χ0n) is 11.9. The average molecular weight is 377 g/mol. The summed E-state index contributed by atoms with van der Waals surface area (Å²) in [6, 6.07) is 13.4. The molecule has 0 saturated carbocycles. The lowest BCUT2D eigenvalue weighted by Gasteiger charge is -2.05. The predicted molar refractivity (Wildman–Crippen MR) is 91.5 cm³/mol. The number of nitro groups is 1. The van der Waals surface area contributed by atoms with Crippen LogP contribution in [0.4, 0.5) is 11.4 Å². The van der Waals surface area contributed by atoms with Gasteiger partial charge in [0.25, 0.3) is 11.6 Å². The van der Waals surface area contributed by atoms with Gasteiger partial charge in [-0.25, -0.2) is 5.43 Å². The second-order valence-corrected chi connectivity index (χ2v) is 5.42. The maximum atomic E-state index is 11.6. The minimum absolute atomic E-state index is 0.0304. The van der Waals surface area contributed by atoms with Gasteiger partial charge in [0.1, 0.15) is 0 Å². The molecule has 2 N–H and O–H groups in total. The molecule has 0 spiro atoms. The summed E-state index contributed by atoms with van der Waals surface area (Å²) in [7, 11) is 0. The Labute approximate surface area is 140 Å². The lowest BCUT2D eigenvalue weighted by Crippen LogP contribution is -2.25. The predicted octanol–water partition coefficient (Wildman–Crippen LogP) is 2.92. The number of rotatable bonds is 6. The van der Waals surface area contributed by atoms with Crippen LogP contribution in [-0.2, 0) is 4.79 Å². The number of nitrogens with zero attached hydrogens (tertiary/aromatic N) is 2. The maximum absolute atomic E-state index is 11.6. The normalized spacial score (nSPS) is 10.5. The summed E-state index contributed by atoms with van der Waals surface area (Å²) in [6.07, 6.45) is 1.35. The van der Waals surface area contributed by atoms with Gasteiger partial charge < -0.3 is 5.32 Å². The lowest BCUT2D eigenvalue weighted by atomic mass is 10.2. The Kier molecular flexibility index (Phi) is 5.81. The molecule has 0 unspecified atom stereocenters. The van der Waals surface area contributed by atoms with Gasteiger partial charge >= 0.3 is 0 Å². The molecule has 1 amide bonds. The van der Waals surface area contributed by atoms with Crippen LogP contribution in [0.1, 0.15) is 5.56 Å². The minimum Gasteiger partial charge on any atom is -0.376 e. The molecule has 2 aromatic carbocycles. The molecule has 0 atom stereocenters. The van der Waals surface area contributed by atoms with E-state index in [4.69, 9.17) is 0 Å². The zero-order chi connectivity index (χ0) is 16.7. The molecule has 7 nitrogen and oxygen atoms in total. The van der Waals surface area contributed by atoms with Crippen LogP contribution < -0.4 is 10.7 Å². The summed E-state index contributed by atoms with van der Waals surface area (Å²) < 4.78 is 0.953. The van der Waals surface area contributed by atoms with Crippen molar-refractivity contribution >= 4 is 39.4 Å². The molecule has 0 aliphatic heterocycles. The van der Waals surface area contributed by atoms with E-state index in [9.17, 15) is 14.9 Å². The standard InChI is InChI=1S/C15H13BrN4O3/c16-12-4-6-13(7-5-12)17-10-15(21)19-18-9-11-2-1-3-14(8-11)20(22)23/h1-9,17H,10H2,(H,19,21)/b18-9-. The largest absolute Gasteiger partial charge is 0.376 e. The Hall–Kier alpha value is -2.74. The van der Waals surface area contributed by atoms with Crippen LogP contribution in [0.5, 0.6) is 0 Å². The van der Waals surface area contributed by atoms with Gasteiger partial charge in [-0.05, 0) is 24.3 Å². The number of nitro benzene ring substituents is 1. The van der Waals surface area contributed by atoms with Crippen molar-refractivity contribution in [3.8, 4) is 0 Å². The first-order valence-electron chi connectivity index (χ1n) is 6.60. The number of non-ortho nitro benzene ring substituents is 1. The fraction of sp³-hybridized carbons (Fsp3) is 0.0667. The van der Waals surface area contributed by atoms with Gasteiger partial charge in [-0.15, -0.1) is 0 Å². The topological polar surface area (TPSA) is 96.6 Å². The van der Waals surface area contributed by atoms with Crippen LogP contribution in [0.25, 0.3) is 0 Å². The van der Waals surface area contributed by atoms with Crippen molar-refractivity contribution in [1.82, 2.24) is 5.43 Å². The van der Waals surface area contributed by atoms with Crippen molar-refractivity contribution in [1.29, 1.82) is 0 Å². The average Bonchev–Trinajstić information content (AvgIpc) is 2.54. The smallest absolute Gasteiger partial charge is 0.270 e. The first-order valence-corrected chi connectivity index (χ1v) is 7.40. The third kappa shape index (κ3) is 5.51. The monoisotopic (exact) mass is 376 g/mol. The van der Waals surface area contributed by atoms with E-state index < -0.39 is 4.92 Å². The number of carbonyl (C=O) groups is 1. The summed E-state index contributed by atoms with van der Waals surface area (Å²) in [5, 5.41) is 17.4. The van der Waals surface area contributed by atoms with E-state index in [0.29, 0.717) is 5.56 Å². The number of halogens is 1. The van der Waals surface area contributed by atoms with Crippen molar-refractivity contribution in [2.24, 2.45) is 5.10 Å². The van der Waals surface area contributed by atoms with Crippen LogP contribution >= 0.6 is 15.9 Å². The highest BCUT2D eigenvalue weighted by Crippen LogP contribution is 2.13. The van der Waals surface area contributed by atoms with Gasteiger partial charge in [0, 0.05) is 27.9 Å². The second-order valence-electron chi connectivity index (χ2n) is 4.51. The number of carbonyl (C=O) groups excluding carboxylic acids is 1. The van der Waals surface area contributed by atoms with E-state index in [1.54, 1.807) is 12.1 Å². The molecule has 0 fully saturated rings.